The van der Waals surface area contributed by atoms with E-state index in [1.807, 2.05) is 0 Å². The van der Waals surface area contributed by atoms with E-state index in [9.17, 15) is 9.59 Å². The lowest BCUT2D eigenvalue weighted by atomic mass is 10.1. The van der Waals surface area contributed by atoms with Crippen LogP contribution in [0.2, 0.25) is 0 Å². The number of rotatable bonds is 2. The average molecular weight is 218 g/mol. The summed E-state index contributed by atoms with van der Waals surface area (Å²) in [6.45, 7) is 0.759. The van der Waals surface area contributed by atoms with Gasteiger partial charge in [0, 0.05) is 24.2 Å². The minimum atomic E-state index is -0.448. The van der Waals surface area contributed by atoms with Crippen molar-refractivity contribution in [2.45, 2.75) is 19.3 Å². The molecule has 16 heavy (non-hydrogen) atoms. The molecule has 0 unspecified atom stereocenters. The van der Waals surface area contributed by atoms with Crippen LogP contribution >= 0.6 is 0 Å². The number of benzene rings is 1. The summed E-state index contributed by atoms with van der Waals surface area (Å²) in [5.74, 6) is -0.297. The molecular weight excluding hydrogens is 204 g/mol. The summed E-state index contributed by atoms with van der Waals surface area (Å²) in [4.78, 5) is 24.3. The van der Waals surface area contributed by atoms with E-state index in [0.717, 1.165) is 25.1 Å². The lowest BCUT2D eigenvalue weighted by molar-refractivity contribution is -0.119. The van der Waals surface area contributed by atoms with Gasteiger partial charge in [-0.2, -0.15) is 0 Å². The molecule has 1 fully saturated rings. The van der Waals surface area contributed by atoms with Gasteiger partial charge in [0.25, 0.3) is 0 Å². The van der Waals surface area contributed by atoms with E-state index in [4.69, 9.17) is 5.73 Å². The van der Waals surface area contributed by atoms with Crippen molar-refractivity contribution < 1.29 is 9.59 Å². The third-order valence-electron chi connectivity index (χ3n) is 2.79. The van der Waals surface area contributed by atoms with Crippen molar-refractivity contribution >= 4 is 17.5 Å². The second-order valence-electron chi connectivity index (χ2n) is 3.91. The number of primary amides is 1. The molecule has 0 bridgehead atoms. The number of nitrogens with two attached hydrogens (primary N) is 1. The molecule has 0 saturated carbocycles. The lowest BCUT2D eigenvalue weighted by Gasteiger charge is -2.26. The van der Waals surface area contributed by atoms with E-state index in [2.05, 4.69) is 0 Å². The molecule has 2 rings (SSSR count). The maximum Gasteiger partial charge on any atom is 0.248 e. The standard InChI is InChI=1S/C12H14N2O2/c13-12(16)9-4-6-10(7-5-9)14-8-2-1-3-11(14)15/h4-7H,1-3,8H2,(H2,13,16). The third kappa shape index (κ3) is 2.05. The van der Waals surface area contributed by atoms with Crippen molar-refractivity contribution in [2.75, 3.05) is 11.4 Å². The molecule has 84 valence electrons. The van der Waals surface area contributed by atoms with Crippen molar-refractivity contribution in [1.82, 2.24) is 0 Å². The number of hydrogen-bond donors (Lipinski definition) is 1. The van der Waals surface area contributed by atoms with Gasteiger partial charge in [0.05, 0.1) is 0 Å². The van der Waals surface area contributed by atoms with E-state index in [0.29, 0.717) is 12.0 Å². The van der Waals surface area contributed by atoms with Gasteiger partial charge in [-0.25, -0.2) is 0 Å². The lowest BCUT2D eigenvalue weighted by Crippen LogP contribution is -2.35. The minimum absolute atomic E-state index is 0.151. The predicted molar refractivity (Wildman–Crippen MR) is 61.2 cm³/mol. The first-order valence-electron chi connectivity index (χ1n) is 5.39. The maximum atomic E-state index is 11.6. The van der Waals surface area contributed by atoms with E-state index < -0.39 is 5.91 Å². The van der Waals surface area contributed by atoms with Gasteiger partial charge in [-0.15, -0.1) is 0 Å². The zero-order valence-corrected chi connectivity index (χ0v) is 8.98. The molecule has 2 amide bonds. The number of anilines is 1. The van der Waals surface area contributed by atoms with Gasteiger partial charge in [0.1, 0.15) is 0 Å². The van der Waals surface area contributed by atoms with Gasteiger partial charge >= 0.3 is 0 Å². The monoisotopic (exact) mass is 218 g/mol. The second kappa shape index (κ2) is 4.35. The van der Waals surface area contributed by atoms with Crippen LogP contribution in [0.4, 0.5) is 5.69 Å². The Hall–Kier alpha value is -1.84. The zero-order chi connectivity index (χ0) is 11.5. The number of carbonyl (C=O) groups is 2. The molecule has 1 aliphatic rings. The summed E-state index contributed by atoms with van der Waals surface area (Å²) in [6, 6.07) is 6.84. The Labute approximate surface area is 94.0 Å². The fourth-order valence-corrected chi connectivity index (χ4v) is 1.88. The molecule has 0 aliphatic carbocycles. The summed E-state index contributed by atoms with van der Waals surface area (Å²) in [7, 11) is 0. The highest BCUT2D eigenvalue weighted by Crippen LogP contribution is 2.20. The van der Waals surface area contributed by atoms with Gasteiger partial charge in [-0.05, 0) is 37.1 Å². The summed E-state index contributed by atoms with van der Waals surface area (Å²) in [6.07, 6.45) is 2.61. The first kappa shape index (κ1) is 10.7. The van der Waals surface area contributed by atoms with Crippen LogP contribution in [0.5, 0.6) is 0 Å². The van der Waals surface area contributed by atoms with Gasteiger partial charge in [-0.3, -0.25) is 9.59 Å². The fourth-order valence-electron chi connectivity index (χ4n) is 1.88. The number of carbonyl (C=O) groups excluding carboxylic acids is 2. The Balaban J connectivity index is 2.20. The average Bonchev–Trinajstić information content (AvgIpc) is 2.30. The molecule has 0 atom stereocenters. The van der Waals surface area contributed by atoms with Gasteiger partial charge in [0.15, 0.2) is 0 Å². The zero-order valence-electron chi connectivity index (χ0n) is 8.98. The molecule has 0 aromatic heterocycles. The van der Waals surface area contributed by atoms with Gasteiger partial charge in [-0.1, -0.05) is 0 Å². The largest absolute Gasteiger partial charge is 0.366 e. The van der Waals surface area contributed by atoms with Crippen LogP contribution in [0.25, 0.3) is 0 Å². The third-order valence-corrected chi connectivity index (χ3v) is 2.79. The Morgan fingerprint density at radius 2 is 1.88 bits per heavy atom. The predicted octanol–water partition coefficient (Wildman–Crippen LogP) is 1.30. The molecular formula is C12H14N2O2. The number of amides is 2. The van der Waals surface area contributed by atoms with Crippen LogP contribution in [0.15, 0.2) is 24.3 Å². The number of piperidine rings is 1. The molecule has 1 aromatic rings. The molecule has 1 aliphatic heterocycles. The van der Waals surface area contributed by atoms with Crippen LogP contribution < -0.4 is 10.6 Å². The molecule has 4 heteroatoms. The van der Waals surface area contributed by atoms with Crippen molar-refractivity contribution in [3.63, 3.8) is 0 Å². The van der Waals surface area contributed by atoms with Crippen molar-refractivity contribution in [1.29, 1.82) is 0 Å². The topological polar surface area (TPSA) is 63.4 Å². The van der Waals surface area contributed by atoms with Gasteiger partial charge < -0.3 is 10.6 Å². The fraction of sp³-hybridized carbons (Fsp3) is 0.333. The van der Waals surface area contributed by atoms with Crippen LogP contribution in [0, 0.1) is 0 Å². The van der Waals surface area contributed by atoms with E-state index >= 15 is 0 Å². The first-order valence-corrected chi connectivity index (χ1v) is 5.39. The molecule has 1 heterocycles. The summed E-state index contributed by atoms with van der Waals surface area (Å²) >= 11 is 0. The normalized spacial score (nSPS) is 16.2. The van der Waals surface area contributed by atoms with E-state index in [1.54, 1.807) is 29.2 Å². The van der Waals surface area contributed by atoms with Crippen LogP contribution in [-0.4, -0.2) is 18.4 Å². The van der Waals surface area contributed by atoms with Crippen molar-refractivity contribution in [2.24, 2.45) is 5.73 Å². The molecule has 0 radical (unpaired) electrons. The van der Waals surface area contributed by atoms with Crippen LogP contribution in [-0.2, 0) is 4.79 Å². The Morgan fingerprint density at radius 3 is 2.44 bits per heavy atom. The summed E-state index contributed by atoms with van der Waals surface area (Å²) in [5, 5.41) is 0. The first-order chi connectivity index (χ1) is 7.68. The maximum absolute atomic E-state index is 11.6. The highest BCUT2D eigenvalue weighted by molar-refractivity contribution is 5.96. The van der Waals surface area contributed by atoms with Crippen LogP contribution in [0.1, 0.15) is 29.6 Å². The second-order valence-corrected chi connectivity index (χ2v) is 3.91. The molecule has 4 nitrogen and oxygen atoms in total. The van der Waals surface area contributed by atoms with Crippen molar-refractivity contribution in [3.8, 4) is 0 Å². The Bertz CT molecular complexity index is 412. The quantitative estimate of drug-likeness (QED) is 0.813. The highest BCUT2D eigenvalue weighted by Gasteiger charge is 2.19. The molecule has 1 aromatic carbocycles. The van der Waals surface area contributed by atoms with Crippen molar-refractivity contribution in [3.05, 3.63) is 29.8 Å². The molecule has 0 spiro atoms. The van der Waals surface area contributed by atoms with E-state index in [-0.39, 0.29) is 5.91 Å². The Kier molecular flexibility index (Phi) is 2.90. The minimum Gasteiger partial charge on any atom is -0.366 e. The van der Waals surface area contributed by atoms with Crippen LogP contribution in [0.3, 0.4) is 0 Å². The summed E-state index contributed by atoms with van der Waals surface area (Å²) < 4.78 is 0. The smallest absolute Gasteiger partial charge is 0.248 e. The van der Waals surface area contributed by atoms with Gasteiger partial charge in [0.2, 0.25) is 11.8 Å². The highest BCUT2D eigenvalue weighted by atomic mass is 16.2. The molecule has 1 saturated heterocycles. The Morgan fingerprint density at radius 1 is 1.19 bits per heavy atom. The molecule has 2 N–H and O–H groups in total. The number of nitrogens with zero attached hydrogens (tertiary/aromatic N) is 1. The number of hydrogen-bond acceptors (Lipinski definition) is 2. The SMILES string of the molecule is NC(=O)c1ccc(N2CCCCC2=O)cc1. The van der Waals surface area contributed by atoms with E-state index in [1.165, 1.54) is 0 Å². The summed E-state index contributed by atoms with van der Waals surface area (Å²) in [5.41, 5.74) is 6.46.